The molecule has 2 aromatic rings. The molecule has 0 aromatic heterocycles. The first-order valence-electron chi connectivity index (χ1n) is 6.28. The van der Waals surface area contributed by atoms with E-state index in [2.05, 4.69) is 31.9 Å². The molecule has 1 unspecified atom stereocenters. The van der Waals surface area contributed by atoms with Gasteiger partial charge in [-0.15, -0.1) is 0 Å². The fourth-order valence-corrected chi connectivity index (χ4v) is 3.88. The van der Waals surface area contributed by atoms with E-state index in [1.807, 2.05) is 30.3 Å². The number of nitro benzene ring substituents is 1. The second kappa shape index (κ2) is 7.02. The monoisotopic (exact) mass is 426 g/mol. The summed E-state index contributed by atoms with van der Waals surface area (Å²) in [5, 5.41) is 22.4. The van der Waals surface area contributed by atoms with E-state index in [1.165, 1.54) is 12.1 Å². The van der Waals surface area contributed by atoms with Crippen molar-refractivity contribution in [1.82, 2.24) is 0 Å². The number of hydrogen-bond acceptors (Lipinski definition) is 4. The zero-order valence-corrected chi connectivity index (χ0v) is 14.3. The summed E-state index contributed by atoms with van der Waals surface area (Å²) in [5.74, 6) is -2.16. The van der Waals surface area contributed by atoms with Gasteiger partial charge in [-0.05, 0) is 17.5 Å². The number of rotatable bonds is 5. The highest BCUT2D eigenvalue weighted by Crippen LogP contribution is 2.37. The molecule has 2 rings (SSSR count). The topological polar surface area (TPSA) is 83.3 Å². The van der Waals surface area contributed by atoms with Crippen molar-refractivity contribution >= 4 is 43.5 Å². The second-order valence-electron chi connectivity index (χ2n) is 4.64. The van der Waals surface area contributed by atoms with Gasteiger partial charge in [-0.25, -0.2) is 0 Å². The molecule has 2 aromatic carbocycles. The summed E-state index contributed by atoms with van der Waals surface area (Å²) in [4.78, 5) is 21.9. The summed E-state index contributed by atoms with van der Waals surface area (Å²) in [6.07, 6.45) is 0.234. The molecule has 0 bridgehead atoms. The molecule has 0 aliphatic rings. The molecule has 0 aliphatic heterocycles. The Kier molecular flexibility index (Phi) is 5.31. The van der Waals surface area contributed by atoms with Crippen LogP contribution >= 0.6 is 31.9 Å². The molecule has 0 spiro atoms. The fourth-order valence-electron chi connectivity index (χ4n) is 2.16. The molecule has 0 amide bonds. The van der Waals surface area contributed by atoms with Crippen LogP contribution in [0.15, 0.2) is 51.4 Å². The SMILES string of the molecule is O=C([O-])C(Cc1ccccc1)c1c(Br)cc([N+](=O)[O-])cc1Br. The molecule has 0 radical (unpaired) electrons. The maximum absolute atomic E-state index is 11.5. The van der Waals surface area contributed by atoms with Gasteiger partial charge in [0.15, 0.2) is 0 Å². The van der Waals surface area contributed by atoms with Crippen molar-refractivity contribution < 1.29 is 14.8 Å². The van der Waals surface area contributed by atoms with Crippen molar-refractivity contribution in [1.29, 1.82) is 0 Å². The summed E-state index contributed by atoms with van der Waals surface area (Å²) in [6, 6.07) is 11.7. The Hall–Kier alpha value is -1.73. The quantitative estimate of drug-likeness (QED) is 0.541. The van der Waals surface area contributed by atoms with Gasteiger partial charge in [0.2, 0.25) is 0 Å². The highest BCUT2D eigenvalue weighted by Gasteiger charge is 2.22. The molecule has 22 heavy (non-hydrogen) atoms. The third-order valence-corrected chi connectivity index (χ3v) is 4.50. The lowest BCUT2D eigenvalue weighted by Gasteiger charge is -2.21. The van der Waals surface area contributed by atoms with Crippen LogP contribution in [0.25, 0.3) is 0 Å². The molecule has 0 fully saturated rings. The number of nitrogens with zero attached hydrogens (tertiary/aromatic N) is 1. The van der Waals surface area contributed by atoms with E-state index in [0.29, 0.717) is 14.5 Å². The highest BCUT2D eigenvalue weighted by molar-refractivity contribution is 9.11. The van der Waals surface area contributed by atoms with E-state index >= 15 is 0 Å². The van der Waals surface area contributed by atoms with E-state index in [1.54, 1.807) is 0 Å². The van der Waals surface area contributed by atoms with Crippen LogP contribution in [0.5, 0.6) is 0 Å². The van der Waals surface area contributed by atoms with Crippen molar-refractivity contribution in [2.45, 2.75) is 12.3 Å². The lowest BCUT2D eigenvalue weighted by atomic mass is 9.92. The number of carbonyl (C=O) groups is 1. The van der Waals surface area contributed by atoms with Gasteiger partial charge in [-0.1, -0.05) is 62.2 Å². The third-order valence-electron chi connectivity index (χ3n) is 3.19. The van der Waals surface area contributed by atoms with Gasteiger partial charge in [0.1, 0.15) is 0 Å². The lowest BCUT2D eigenvalue weighted by molar-refractivity contribution is -0.385. The third kappa shape index (κ3) is 3.72. The van der Waals surface area contributed by atoms with Crippen LogP contribution in [-0.4, -0.2) is 10.9 Å². The lowest BCUT2D eigenvalue weighted by Crippen LogP contribution is -2.31. The zero-order valence-electron chi connectivity index (χ0n) is 11.2. The van der Waals surface area contributed by atoms with Crippen LogP contribution in [0.2, 0.25) is 0 Å². The zero-order chi connectivity index (χ0) is 16.3. The molecule has 7 heteroatoms. The van der Waals surface area contributed by atoms with E-state index in [4.69, 9.17) is 0 Å². The van der Waals surface area contributed by atoms with Gasteiger partial charge in [0.25, 0.3) is 5.69 Å². The maximum atomic E-state index is 11.5. The van der Waals surface area contributed by atoms with Crippen LogP contribution in [0.4, 0.5) is 5.69 Å². The fraction of sp³-hybridized carbons (Fsp3) is 0.133. The number of non-ortho nitro benzene ring substituents is 1. The average molecular weight is 428 g/mol. The Morgan fingerprint density at radius 3 is 2.14 bits per heavy atom. The van der Waals surface area contributed by atoms with E-state index in [-0.39, 0.29) is 12.1 Å². The standard InChI is InChI=1S/C15H11Br2NO4/c16-12-7-10(18(21)22)8-13(17)14(12)11(15(19)20)6-9-4-2-1-3-5-9/h1-5,7-8,11H,6H2,(H,19,20)/p-1. The summed E-state index contributed by atoms with van der Waals surface area (Å²) < 4.78 is 0.720. The van der Waals surface area contributed by atoms with Gasteiger partial charge in [-0.2, -0.15) is 0 Å². The number of carboxylic acids is 1. The van der Waals surface area contributed by atoms with Crippen LogP contribution in [-0.2, 0) is 11.2 Å². The largest absolute Gasteiger partial charge is 0.549 e. The number of benzene rings is 2. The van der Waals surface area contributed by atoms with Crippen LogP contribution in [0.3, 0.4) is 0 Å². The molecule has 0 saturated heterocycles. The van der Waals surface area contributed by atoms with Gasteiger partial charge >= 0.3 is 0 Å². The number of carboxylic acid groups (broad SMARTS) is 1. The summed E-state index contributed by atoms with van der Waals surface area (Å²) in [5.41, 5.74) is 1.14. The van der Waals surface area contributed by atoms with Crippen molar-refractivity contribution in [2.24, 2.45) is 0 Å². The smallest absolute Gasteiger partial charge is 0.271 e. The molecule has 0 heterocycles. The first kappa shape index (κ1) is 16.6. The molecule has 0 N–H and O–H groups in total. The Labute approximate surface area is 143 Å². The molecule has 0 saturated carbocycles. The number of nitro groups is 1. The van der Waals surface area contributed by atoms with Crippen LogP contribution in [0, 0.1) is 10.1 Å². The minimum absolute atomic E-state index is 0.126. The van der Waals surface area contributed by atoms with Crippen LogP contribution < -0.4 is 5.11 Å². The molecule has 1 atom stereocenters. The first-order valence-corrected chi connectivity index (χ1v) is 7.87. The second-order valence-corrected chi connectivity index (χ2v) is 6.35. The minimum Gasteiger partial charge on any atom is -0.549 e. The van der Waals surface area contributed by atoms with E-state index in [0.717, 1.165) is 5.56 Å². The van der Waals surface area contributed by atoms with Crippen molar-refractivity contribution in [2.75, 3.05) is 0 Å². The van der Waals surface area contributed by atoms with Gasteiger partial charge in [-0.3, -0.25) is 10.1 Å². The van der Waals surface area contributed by atoms with Gasteiger partial charge in [0, 0.05) is 33.0 Å². The van der Waals surface area contributed by atoms with E-state index < -0.39 is 16.8 Å². The Morgan fingerprint density at radius 2 is 1.68 bits per heavy atom. The van der Waals surface area contributed by atoms with Crippen molar-refractivity contribution in [3.63, 3.8) is 0 Å². The summed E-state index contributed by atoms with van der Waals surface area (Å²) >= 11 is 6.45. The minimum atomic E-state index is -1.24. The van der Waals surface area contributed by atoms with Crippen LogP contribution in [0.1, 0.15) is 17.0 Å². The number of aliphatic carboxylic acids is 1. The number of carbonyl (C=O) groups excluding carboxylic acids is 1. The predicted octanol–water partition coefficient (Wildman–Crippen LogP) is 3.20. The van der Waals surface area contributed by atoms with Crippen molar-refractivity contribution in [3.05, 3.63) is 72.7 Å². The van der Waals surface area contributed by atoms with Crippen molar-refractivity contribution in [3.8, 4) is 0 Å². The van der Waals surface area contributed by atoms with E-state index in [9.17, 15) is 20.0 Å². The Morgan fingerprint density at radius 1 is 1.14 bits per heavy atom. The molecular formula is C15H10Br2NO4-. The molecular weight excluding hydrogens is 418 g/mol. The summed E-state index contributed by atoms with van der Waals surface area (Å²) in [6.45, 7) is 0. The van der Waals surface area contributed by atoms with Gasteiger partial charge < -0.3 is 9.90 Å². The van der Waals surface area contributed by atoms with Gasteiger partial charge in [0.05, 0.1) is 4.92 Å². The molecule has 0 aliphatic carbocycles. The summed E-state index contributed by atoms with van der Waals surface area (Å²) in [7, 11) is 0. The first-order chi connectivity index (χ1) is 10.4. The Balaban J connectivity index is 2.45. The highest BCUT2D eigenvalue weighted by atomic mass is 79.9. The normalized spacial score (nSPS) is 11.9. The number of hydrogen-bond donors (Lipinski definition) is 0. The number of halogens is 2. The maximum Gasteiger partial charge on any atom is 0.271 e. The molecule has 5 nitrogen and oxygen atoms in total. The predicted molar refractivity (Wildman–Crippen MR) is 86.4 cm³/mol. The average Bonchev–Trinajstić information content (AvgIpc) is 2.46. The molecule has 114 valence electrons. The Bertz CT molecular complexity index is 696.